The van der Waals surface area contributed by atoms with Crippen molar-refractivity contribution < 1.29 is 42.0 Å². The number of halogens is 1. The number of hydrogen-bond donors (Lipinski definition) is 0. The summed E-state index contributed by atoms with van der Waals surface area (Å²) >= 11 is 0. The zero-order valence-electron chi connectivity index (χ0n) is 10.4. The fourth-order valence-electron chi connectivity index (χ4n) is 1.56. The minimum absolute atomic E-state index is 0. The Morgan fingerprint density at radius 3 is 0.929 bits per heavy atom. The van der Waals surface area contributed by atoms with Gasteiger partial charge in [0.15, 0.2) is 0 Å². The van der Waals surface area contributed by atoms with Crippen LogP contribution in [0.5, 0.6) is 0 Å². The molecule has 0 heterocycles. The van der Waals surface area contributed by atoms with Crippen molar-refractivity contribution in [1.29, 1.82) is 0 Å². The van der Waals surface area contributed by atoms with Gasteiger partial charge in [-0.15, -0.1) is 0 Å². The van der Waals surface area contributed by atoms with Crippen molar-refractivity contribution in [3.05, 3.63) is 0 Å². The fraction of sp³-hybridized carbons (Fsp3) is 1.00. The maximum absolute atomic E-state index is 2.28. The maximum Gasteiger partial charge on any atom is 1.00 e. The van der Waals surface area contributed by atoms with Crippen molar-refractivity contribution in [3.63, 3.8) is 0 Å². The minimum atomic E-state index is 0. The molecule has 0 bridgehead atoms. The largest absolute Gasteiger partial charge is 1.00 e. The first-order chi connectivity index (χ1) is 5.91. The van der Waals surface area contributed by atoms with Gasteiger partial charge in [-0.05, 0) is 0 Å². The van der Waals surface area contributed by atoms with E-state index in [2.05, 4.69) is 13.8 Å². The second kappa shape index (κ2) is 19.8. The summed E-state index contributed by atoms with van der Waals surface area (Å²) in [5, 5.41) is 0. The third kappa shape index (κ3) is 19.0. The first kappa shape index (κ1) is 20.7. The van der Waals surface area contributed by atoms with Crippen LogP contribution in [0, 0.1) is 0 Å². The van der Waals surface area contributed by atoms with Crippen LogP contribution in [0.4, 0.5) is 0 Å². The van der Waals surface area contributed by atoms with Crippen LogP contribution in [0.15, 0.2) is 0 Å². The van der Waals surface area contributed by atoms with Crippen LogP contribution in [0.1, 0.15) is 78.1 Å². The van der Waals surface area contributed by atoms with Crippen molar-refractivity contribution in [2.24, 2.45) is 0 Å². The van der Waals surface area contributed by atoms with Crippen molar-refractivity contribution in [2.75, 3.05) is 0 Å². The summed E-state index contributed by atoms with van der Waals surface area (Å²) in [6.07, 6.45) is 14.4. The Kier molecular flexibility index (Phi) is 29.2. The molecule has 82 valence electrons. The standard InChI is InChI=1S/C12H26.ClH.Na/c1-3-5-7-9-11-12-10-8-6-4-2;;/h3-12H2,1-2H3;1H;/q;;+1/p-1. The first-order valence-electron chi connectivity index (χ1n) is 5.91. The Hall–Kier alpha value is 1.29. The Morgan fingerprint density at radius 2 is 0.714 bits per heavy atom. The average Bonchev–Trinajstić information content (AvgIpc) is 2.10. The second-order valence-corrected chi connectivity index (χ2v) is 3.83. The van der Waals surface area contributed by atoms with E-state index in [9.17, 15) is 0 Å². The van der Waals surface area contributed by atoms with Gasteiger partial charge in [0.05, 0.1) is 0 Å². The van der Waals surface area contributed by atoms with E-state index in [0.717, 1.165) is 0 Å². The van der Waals surface area contributed by atoms with Crippen LogP contribution in [0.25, 0.3) is 0 Å². The fourth-order valence-corrected chi connectivity index (χ4v) is 1.56. The molecule has 0 aliphatic carbocycles. The Morgan fingerprint density at radius 1 is 0.500 bits per heavy atom. The van der Waals surface area contributed by atoms with Crippen molar-refractivity contribution in [2.45, 2.75) is 78.1 Å². The van der Waals surface area contributed by atoms with Crippen molar-refractivity contribution >= 4 is 0 Å². The Bertz CT molecular complexity index is 66.7. The number of hydrogen-bond acceptors (Lipinski definition) is 0. The molecule has 0 atom stereocenters. The van der Waals surface area contributed by atoms with E-state index in [0.29, 0.717) is 0 Å². The van der Waals surface area contributed by atoms with E-state index in [1.54, 1.807) is 0 Å². The third-order valence-electron chi connectivity index (χ3n) is 2.46. The second-order valence-electron chi connectivity index (χ2n) is 3.83. The smallest absolute Gasteiger partial charge is 1.00 e. The molecular formula is C12H26ClNa. The van der Waals surface area contributed by atoms with Gasteiger partial charge in [0.2, 0.25) is 0 Å². The molecule has 0 radical (unpaired) electrons. The summed E-state index contributed by atoms with van der Waals surface area (Å²) in [5.74, 6) is 0. The van der Waals surface area contributed by atoms with Crippen LogP contribution < -0.4 is 42.0 Å². The zero-order valence-corrected chi connectivity index (χ0v) is 13.2. The van der Waals surface area contributed by atoms with Crippen LogP contribution >= 0.6 is 0 Å². The van der Waals surface area contributed by atoms with Crippen LogP contribution in [-0.2, 0) is 0 Å². The van der Waals surface area contributed by atoms with Crippen molar-refractivity contribution in [3.8, 4) is 0 Å². The van der Waals surface area contributed by atoms with Gasteiger partial charge in [0.1, 0.15) is 0 Å². The normalized spacial score (nSPS) is 9.00. The monoisotopic (exact) mass is 228 g/mol. The van der Waals surface area contributed by atoms with E-state index in [-0.39, 0.29) is 42.0 Å². The summed E-state index contributed by atoms with van der Waals surface area (Å²) in [4.78, 5) is 0. The quantitative estimate of drug-likeness (QED) is 0.349. The number of rotatable bonds is 9. The summed E-state index contributed by atoms with van der Waals surface area (Å²) in [7, 11) is 0. The molecule has 0 rings (SSSR count). The van der Waals surface area contributed by atoms with E-state index in [1.807, 2.05) is 0 Å². The molecule has 0 fully saturated rings. The van der Waals surface area contributed by atoms with Crippen LogP contribution in [0.2, 0.25) is 0 Å². The van der Waals surface area contributed by atoms with Crippen molar-refractivity contribution in [1.82, 2.24) is 0 Å². The summed E-state index contributed by atoms with van der Waals surface area (Å²) in [6.45, 7) is 4.56. The van der Waals surface area contributed by atoms with Gasteiger partial charge in [-0.25, -0.2) is 0 Å². The minimum Gasteiger partial charge on any atom is -1.00 e. The van der Waals surface area contributed by atoms with Gasteiger partial charge in [-0.3, -0.25) is 0 Å². The van der Waals surface area contributed by atoms with Crippen LogP contribution in [-0.4, -0.2) is 0 Å². The Labute approximate surface area is 119 Å². The molecule has 0 aromatic heterocycles. The molecule has 0 spiro atoms. The molecule has 0 N–H and O–H groups in total. The van der Waals surface area contributed by atoms with E-state index < -0.39 is 0 Å². The molecule has 2 heteroatoms. The molecule has 0 aliphatic heterocycles. The van der Waals surface area contributed by atoms with E-state index >= 15 is 0 Å². The molecule has 0 unspecified atom stereocenters. The molecule has 14 heavy (non-hydrogen) atoms. The molecule has 0 nitrogen and oxygen atoms in total. The van der Waals surface area contributed by atoms with Gasteiger partial charge in [-0.1, -0.05) is 78.1 Å². The molecular weight excluding hydrogens is 203 g/mol. The number of unbranched alkanes of at least 4 members (excludes halogenated alkanes) is 9. The van der Waals surface area contributed by atoms with Gasteiger partial charge in [0, 0.05) is 0 Å². The molecule has 0 amide bonds. The predicted octanol–water partition coefficient (Wildman–Crippen LogP) is -1.06. The van der Waals surface area contributed by atoms with Gasteiger partial charge in [0.25, 0.3) is 0 Å². The predicted molar refractivity (Wildman–Crippen MR) is 57.5 cm³/mol. The van der Waals surface area contributed by atoms with E-state index in [1.165, 1.54) is 64.2 Å². The molecule has 0 saturated carbocycles. The Balaban J connectivity index is -0.000000605. The molecule has 0 saturated heterocycles. The van der Waals surface area contributed by atoms with Gasteiger partial charge < -0.3 is 12.4 Å². The SMILES string of the molecule is CCCCCCCCCCCC.[Cl-].[Na+]. The zero-order chi connectivity index (χ0) is 9.07. The average molecular weight is 229 g/mol. The van der Waals surface area contributed by atoms with Crippen LogP contribution in [0.3, 0.4) is 0 Å². The summed E-state index contributed by atoms with van der Waals surface area (Å²) in [5.41, 5.74) is 0. The topological polar surface area (TPSA) is 0 Å². The first-order valence-corrected chi connectivity index (χ1v) is 5.91. The maximum atomic E-state index is 2.28. The third-order valence-corrected chi connectivity index (χ3v) is 2.46. The molecule has 0 aliphatic rings. The van der Waals surface area contributed by atoms with E-state index in [4.69, 9.17) is 0 Å². The molecule has 0 aromatic rings. The summed E-state index contributed by atoms with van der Waals surface area (Å²) in [6, 6.07) is 0. The van der Waals surface area contributed by atoms with Gasteiger partial charge >= 0.3 is 29.6 Å². The molecule has 0 aromatic carbocycles. The van der Waals surface area contributed by atoms with Gasteiger partial charge in [-0.2, -0.15) is 0 Å². The summed E-state index contributed by atoms with van der Waals surface area (Å²) < 4.78 is 0.